The molecule has 1 saturated heterocycles. The largest absolute Gasteiger partial charge is 0.478 e. The summed E-state index contributed by atoms with van der Waals surface area (Å²) in [5.74, 6) is -1.58. The molecule has 2 amide bonds. The number of amides is 2. The molecule has 0 unspecified atom stereocenters. The molecule has 3 aromatic rings. The number of nitrogens with one attached hydrogen (secondary N) is 1. The monoisotopic (exact) mass is 501 g/mol. The van der Waals surface area contributed by atoms with E-state index in [1.165, 1.54) is 23.9 Å². The first-order valence-corrected chi connectivity index (χ1v) is 12.6. The summed E-state index contributed by atoms with van der Waals surface area (Å²) in [4.78, 5) is 43.8. The van der Waals surface area contributed by atoms with Gasteiger partial charge in [0.25, 0.3) is 0 Å². The first-order valence-electron chi connectivity index (χ1n) is 11.7. The van der Waals surface area contributed by atoms with Crippen LogP contribution >= 0.6 is 11.8 Å². The van der Waals surface area contributed by atoms with E-state index in [-0.39, 0.29) is 23.8 Å². The minimum atomic E-state index is -1.07. The number of aromatic carboxylic acids is 1. The zero-order valence-electron chi connectivity index (χ0n) is 19.7. The molecule has 1 aliphatic heterocycles. The van der Waals surface area contributed by atoms with Crippen molar-refractivity contribution in [2.24, 2.45) is 4.99 Å². The number of thioether (sulfide) groups is 1. The Morgan fingerprint density at radius 3 is 2.28 bits per heavy atom. The highest BCUT2D eigenvalue weighted by molar-refractivity contribution is 8.15. The molecule has 7 nitrogen and oxygen atoms in total. The molecule has 4 rings (SSSR count). The normalized spacial score (nSPS) is 16.7. The van der Waals surface area contributed by atoms with Gasteiger partial charge in [0.2, 0.25) is 11.8 Å². The Morgan fingerprint density at radius 2 is 1.61 bits per heavy atom. The van der Waals surface area contributed by atoms with Crippen LogP contribution in [-0.2, 0) is 22.4 Å². The number of hydrogen-bond donors (Lipinski definition) is 2. The van der Waals surface area contributed by atoms with Crippen LogP contribution in [0.1, 0.15) is 27.9 Å². The molecule has 0 aliphatic carbocycles. The topological polar surface area (TPSA) is 99.1 Å². The number of aliphatic imine (C=N–C) groups is 1. The van der Waals surface area contributed by atoms with Crippen LogP contribution in [-0.4, -0.2) is 51.3 Å². The number of anilines is 1. The maximum atomic E-state index is 13.1. The number of carbonyl (C=O) groups is 3. The third-order valence-corrected chi connectivity index (χ3v) is 6.99. The quantitative estimate of drug-likeness (QED) is 0.450. The van der Waals surface area contributed by atoms with Crippen LogP contribution in [0.4, 0.5) is 5.69 Å². The Hall–Kier alpha value is -3.91. The van der Waals surface area contributed by atoms with Gasteiger partial charge in [0, 0.05) is 25.2 Å². The molecule has 1 fully saturated rings. The maximum absolute atomic E-state index is 13.1. The molecule has 0 radical (unpaired) electrons. The average molecular weight is 502 g/mol. The van der Waals surface area contributed by atoms with Crippen molar-refractivity contribution in [1.82, 2.24) is 4.90 Å². The van der Waals surface area contributed by atoms with Gasteiger partial charge in [0.15, 0.2) is 5.17 Å². The maximum Gasteiger partial charge on any atom is 0.335 e. The standard InChI is InChI=1S/C28H27N3O4S/c32-25-19-24(26(33)30-23-13-7-12-22(18-23)27(34)35)36-28(29-16-14-20-8-3-1-4-9-20)31(25)17-15-21-10-5-2-6-11-21/h1-13,18,24H,14-17,19H2,(H,30,33)(H,34,35)/t24-/m0/s1. The molecular formula is C28H27N3O4S. The van der Waals surface area contributed by atoms with Crippen molar-refractivity contribution in [3.05, 3.63) is 102 Å². The van der Waals surface area contributed by atoms with Crippen molar-refractivity contribution in [2.75, 3.05) is 18.4 Å². The van der Waals surface area contributed by atoms with Gasteiger partial charge in [-0.3, -0.25) is 19.5 Å². The molecular weight excluding hydrogens is 474 g/mol. The fourth-order valence-electron chi connectivity index (χ4n) is 3.86. The molecule has 0 aromatic heterocycles. The Balaban J connectivity index is 1.48. The smallest absolute Gasteiger partial charge is 0.335 e. The number of nitrogens with zero attached hydrogens (tertiary/aromatic N) is 2. The fraction of sp³-hybridized carbons (Fsp3) is 0.214. The first kappa shape index (κ1) is 25.2. The van der Waals surface area contributed by atoms with Crippen LogP contribution in [0, 0.1) is 0 Å². The fourth-order valence-corrected chi connectivity index (χ4v) is 4.99. The van der Waals surface area contributed by atoms with E-state index in [9.17, 15) is 19.5 Å². The Kier molecular flexibility index (Phi) is 8.52. The van der Waals surface area contributed by atoms with E-state index in [1.807, 2.05) is 60.7 Å². The number of carbonyl (C=O) groups excluding carboxylic acids is 2. The molecule has 8 heteroatoms. The van der Waals surface area contributed by atoms with E-state index >= 15 is 0 Å². The predicted molar refractivity (Wildman–Crippen MR) is 142 cm³/mol. The van der Waals surface area contributed by atoms with Crippen molar-refractivity contribution in [3.8, 4) is 0 Å². The van der Waals surface area contributed by atoms with E-state index in [4.69, 9.17) is 4.99 Å². The summed E-state index contributed by atoms with van der Waals surface area (Å²) in [6, 6.07) is 26.0. The van der Waals surface area contributed by atoms with Gasteiger partial charge < -0.3 is 10.4 Å². The van der Waals surface area contributed by atoms with E-state index in [2.05, 4.69) is 5.32 Å². The third-order valence-electron chi connectivity index (χ3n) is 5.77. The van der Waals surface area contributed by atoms with Gasteiger partial charge in [-0.05, 0) is 42.2 Å². The molecule has 3 aromatic carbocycles. The molecule has 1 aliphatic rings. The summed E-state index contributed by atoms with van der Waals surface area (Å²) in [5, 5.41) is 11.8. The van der Waals surface area contributed by atoms with Crippen LogP contribution in [0.25, 0.3) is 0 Å². The summed E-state index contributed by atoms with van der Waals surface area (Å²) in [6.45, 7) is 0.978. The lowest BCUT2D eigenvalue weighted by Crippen LogP contribution is -2.46. The van der Waals surface area contributed by atoms with Crippen LogP contribution in [0.2, 0.25) is 0 Å². The van der Waals surface area contributed by atoms with Crippen molar-refractivity contribution in [3.63, 3.8) is 0 Å². The number of carboxylic acid groups (broad SMARTS) is 1. The van der Waals surface area contributed by atoms with Crippen molar-refractivity contribution in [1.29, 1.82) is 0 Å². The summed E-state index contributed by atoms with van der Waals surface area (Å²) in [5.41, 5.74) is 2.73. The summed E-state index contributed by atoms with van der Waals surface area (Å²) in [7, 11) is 0. The van der Waals surface area contributed by atoms with Crippen molar-refractivity contribution < 1.29 is 19.5 Å². The highest BCUT2D eigenvalue weighted by Crippen LogP contribution is 2.28. The number of amidine groups is 1. The number of rotatable bonds is 9. The molecule has 0 saturated carbocycles. The van der Waals surface area contributed by atoms with Gasteiger partial charge in [0.1, 0.15) is 5.25 Å². The van der Waals surface area contributed by atoms with Gasteiger partial charge in [-0.15, -0.1) is 0 Å². The number of hydrogen-bond acceptors (Lipinski definition) is 5. The summed E-state index contributed by atoms with van der Waals surface area (Å²) < 4.78 is 0. The minimum absolute atomic E-state index is 0.0433. The average Bonchev–Trinajstić information content (AvgIpc) is 2.89. The second kappa shape index (κ2) is 12.2. The van der Waals surface area contributed by atoms with E-state index in [0.29, 0.717) is 30.4 Å². The van der Waals surface area contributed by atoms with Gasteiger partial charge in [-0.25, -0.2) is 4.79 Å². The third kappa shape index (κ3) is 6.82. The first-order chi connectivity index (χ1) is 17.5. The van der Waals surface area contributed by atoms with Gasteiger partial charge >= 0.3 is 5.97 Å². The molecule has 184 valence electrons. The Labute approximate surface area is 214 Å². The van der Waals surface area contributed by atoms with Crippen molar-refractivity contribution in [2.45, 2.75) is 24.5 Å². The lowest BCUT2D eigenvalue weighted by atomic mass is 10.1. The molecule has 0 bridgehead atoms. The Morgan fingerprint density at radius 1 is 0.944 bits per heavy atom. The van der Waals surface area contributed by atoms with Crippen molar-refractivity contribution >= 4 is 40.4 Å². The molecule has 1 atom stereocenters. The van der Waals surface area contributed by atoms with E-state index in [0.717, 1.165) is 17.5 Å². The zero-order valence-corrected chi connectivity index (χ0v) is 20.5. The second-order valence-electron chi connectivity index (χ2n) is 8.37. The number of benzene rings is 3. The molecule has 36 heavy (non-hydrogen) atoms. The number of carboxylic acids is 1. The zero-order chi connectivity index (χ0) is 25.3. The highest BCUT2D eigenvalue weighted by Gasteiger charge is 2.35. The highest BCUT2D eigenvalue weighted by atomic mass is 32.2. The van der Waals surface area contributed by atoms with Gasteiger partial charge in [-0.2, -0.15) is 0 Å². The van der Waals surface area contributed by atoms with Crippen LogP contribution in [0.3, 0.4) is 0 Å². The SMILES string of the molecule is O=C(O)c1cccc(NC(=O)[C@@H]2CC(=O)N(CCc3ccccc3)C(=NCCc3ccccc3)S2)c1. The van der Waals surface area contributed by atoms with Crippen LogP contribution < -0.4 is 5.32 Å². The van der Waals surface area contributed by atoms with Gasteiger partial charge in [0.05, 0.1) is 5.56 Å². The lowest BCUT2D eigenvalue weighted by molar-refractivity contribution is -0.129. The molecule has 2 N–H and O–H groups in total. The van der Waals surface area contributed by atoms with Gasteiger partial charge in [-0.1, -0.05) is 78.5 Å². The summed E-state index contributed by atoms with van der Waals surface area (Å²) in [6.07, 6.45) is 1.45. The summed E-state index contributed by atoms with van der Waals surface area (Å²) >= 11 is 1.28. The van der Waals surface area contributed by atoms with Crippen LogP contribution in [0.15, 0.2) is 89.9 Å². The molecule has 1 heterocycles. The second-order valence-corrected chi connectivity index (χ2v) is 9.54. The molecule has 0 spiro atoms. The van der Waals surface area contributed by atoms with Crippen LogP contribution in [0.5, 0.6) is 0 Å². The minimum Gasteiger partial charge on any atom is -0.478 e. The predicted octanol–water partition coefficient (Wildman–Crippen LogP) is 4.50. The van der Waals surface area contributed by atoms with E-state index in [1.54, 1.807) is 17.0 Å². The Bertz CT molecular complexity index is 1250. The lowest BCUT2D eigenvalue weighted by Gasteiger charge is -2.32. The van der Waals surface area contributed by atoms with E-state index < -0.39 is 11.2 Å².